The van der Waals surface area contributed by atoms with Gasteiger partial charge in [-0.3, -0.25) is 4.79 Å². The fourth-order valence-electron chi connectivity index (χ4n) is 1.19. The Hall–Kier alpha value is -0.900. The molecule has 0 aliphatic rings. The van der Waals surface area contributed by atoms with Gasteiger partial charge in [0.25, 0.3) is 0 Å². The Labute approximate surface area is 71.8 Å². The van der Waals surface area contributed by atoms with Gasteiger partial charge in [0.2, 0.25) is 0 Å². The standard InChI is InChI=1S/C8H15NO3/c1-8(2,3)6(7(11)12)5(9)4-10/h4-6H,9H2,1-3H3,(H,11,12)/t5-,6?/m1/s1. The van der Waals surface area contributed by atoms with Crippen molar-refractivity contribution in [1.82, 2.24) is 0 Å². The molecule has 0 aliphatic heterocycles. The molecule has 70 valence electrons. The summed E-state index contributed by atoms with van der Waals surface area (Å²) in [6.45, 7) is 5.24. The van der Waals surface area contributed by atoms with Gasteiger partial charge < -0.3 is 15.6 Å². The number of hydrogen-bond acceptors (Lipinski definition) is 3. The molecule has 1 unspecified atom stereocenters. The summed E-state index contributed by atoms with van der Waals surface area (Å²) in [6.07, 6.45) is 0.476. The topological polar surface area (TPSA) is 80.4 Å². The fraction of sp³-hybridized carbons (Fsp3) is 0.750. The zero-order valence-corrected chi connectivity index (χ0v) is 7.57. The van der Waals surface area contributed by atoms with E-state index in [1.165, 1.54) is 0 Å². The van der Waals surface area contributed by atoms with Crippen molar-refractivity contribution in [3.8, 4) is 0 Å². The first-order valence-corrected chi connectivity index (χ1v) is 3.74. The van der Waals surface area contributed by atoms with Gasteiger partial charge in [-0.25, -0.2) is 0 Å². The number of aldehydes is 1. The molecule has 0 rings (SSSR count). The Bertz CT molecular complexity index is 183. The Morgan fingerprint density at radius 3 is 2.00 bits per heavy atom. The van der Waals surface area contributed by atoms with E-state index in [9.17, 15) is 9.59 Å². The van der Waals surface area contributed by atoms with E-state index in [0.29, 0.717) is 6.29 Å². The third-order valence-electron chi connectivity index (χ3n) is 1.74. The second kappa shape index (κ2) is 3.67. The highest BCUT2D eigenvalue weighted by Gasteiger charge is 2.36. The van der Waals surface area contributed by atoms with Crippen molar-refractivity contribution in [2.45, 2.75) is 26.8 Å². The first-order valence-electron chi connectivity index (χ1n) is 3.74. The van der Waals surface area contributed by atoms with Crippen LogP contribution in [0, 0.1) is 11.3 Å². The van der Waals surface area contributed by atoms with Gasteiger partial charge in [0, 0.05) is 0 Å². The monoisotopic (exact) mass is 173 g/mol. The van der Waals surface area contributed by atoms with Crippen LogP contribution in [-0.2, 0) is 9.59 Å². The maximum atomic E-state index is 10.7. The summed E-state index contributed by atoms with van der Waals surface area (Å²) in [5.74, 6) is -1.85. The normalized spacial score (nSPS) is 16.7. The van der Waals surface area contributed by atoms with Crippen molar-refractivity contribution < 1.29 is 14.7 Å². The van der Waals surface area contributed by atoms with Crippen LogP contribution in [-0.4, -0.2) is 23.4 Å². The molecule has 0 bridgehead atoms. The smallest absolute Gasteiger partial charge is 0.309 e. The van der Waals surface area contributed by atoms with Crippen molar-refractivity contribution in [3.63, 3.8) is 0 Å². The minimum atomic E-state index is -1.03. The molecule has 0 aliphatic carbocycles. The third-order valence-corrected chi connectivity index (χ3v) is 1.74. The van der Waals surface area contributed by atoms with E-state index in [-0.39, 0.29) is 0 Å². The predicted molar refractivity (Wildman–Crippen MR) is 44.6 cm³/mol. The Morgan fingerprint density at radius 1 is 1.50 bits per heavy atom. The van der Waals surface area contributed by atoms with Crippen molar-refractivity contribution in [2.75, 3.05) is 0 Å². The quantitative estimate of drug-likeness (QED) is 0.600. The number of carboxylic acids is 1. The van der Waals surface area contributed by atoms with E-state index in [2.05, 4.69) is 0 Å². The van der Waals surface area contributed by atoms with E-state index in [4.69, 9.17) is 10.8 Å². The second-order valence-electron chi connectivity index (χ2n) is 3.90. The molecule has 0 radical (unpaired) electrons. The molecule has 0 heterocycles. The molecule has 0 spiro atoms. The van der Waals surface area contributed by atoms with E-state index in [1.54, 1.807) is 20.8 Å². The first-order chi connectivity index (χ1) is 5.30. The molecule has 3 N–H and O–H groups in total. The van der Waals surface area contributed by atoms with Crippen LogP contribution in [0.3, 0.4) is 0 Å². The lowest BCUT2D eigenvalue weighted by molar-refractivity contribution is -0.147. The summed E-state index contributed by atoms with van der Waals surface area (Å²) in [5.41, 5.74) is 4.86. The van der Waals surface area contributed by atoms with Crippen LogP contribution in [0.25, 0.3) is 0 Å². The summed E-state index contributed by atoms with van der Waals surface area (Å²) in [7, 11) is 0. The van der Waals surface area contributed by atoms with Crippen LogP contribution in [0.1, 0.15) is 20.8 Å². The number of rotatable bonds is 3. The summed E-state index contributed by atoms with van der Waals surface area (Å²) >= 11 is 0. The maximum Gasteiger partial charge on any atom is 0.309 e. The first kappa shape index (κ1) is 11.1. The van der Waals surface area contributed by atoms with Gasteiger partial charge in [0.1, 0.15) is 6.29 Å². The van der Waals surface area contributed by atoms with Crippen LogP contribution in [0.4, 0.5) is 0 Å². The Morgan fingerprint density at radius 2 is 1.92 bits per heavy atom. The van der Waals surface area contributed by atoms with Crippen molar-refractivity contribution in [3.05, 3.63) is 0 Å². The van der Waals surface area contributed by atoms with Gasteiger partial charge in [-0.1, -0.05) is 20.8 Å². The van der Waals surface area contributed by atoms with Crippen LogP contribution in [0.15, 0.2) is 0 Å². The van der Waals surface area contributed by atoms with Gasteiger partial charge in [-0.2, -0.15) is 0 Å². The van der Waals surface area contributed by atoms with E-state index in [0.717, 1.165) is 0 Å². The van der Waals surface area contributed by atoms with Crippen molar-refractivity contribution in [1.29, 1.82) is 0 Å². The molecule has 2 atom stereocenters. The van der Waals surface area contributed by atoms with Crippen LogP contribution in [0.5, 0.6) is 0 Å². The third kappa shape index (κ3) is 2.62. The van der Waals surface area contributed by atoms with E-state index < -0.39 is 23.3 Å². The fourth-order valence-corrected chi connectivity index (χ4v) is 1.19. The average Bonchev–Trinajstić information content (AvgIpc) is 1.83. The number of aliphatic carboxylic acids is 1. The molecular formula is C8H15NO3. The molecule has 0 aromatic rings. The number of carbonyl (C=O) groups excluding carboxylic acids is 1. The summed E-state index contributed by atoms with van der Waals surface area (Å²) in [5, 5.41) is 8.77. The molecule has 4 nitrogen and oxygen atoms in total. The van der Waals surface area contributed by atoms with Gasteiger partial charge in [0.15, 0.2) is 0 Å². The minimum Gasteiger partial charge on any atom is -0.481 e. The van der Waals surface area contributed by atoms with E-state index >= 15 is 0 Å². The van der Waals surface area contributed by atoms with Crippen LogP contribution in [0.2, 0.25) is 0 Å². The Kier molecular flexibility index (Phi) is 3.39. The molecule has 0 saturated heterocycles. The zero-order chi connectivity index (χ0) is 9.94. The Balaban J connectivity index is 4.67. The largest absolute Gasteiger partial charge is 0.481 e. The molecule has 0 aromatic carbocycles. The highest BCUT2D eigenvalue weighted by Crippen LogP contribution is 2.27. The number of carbonyl (C=O) groups is 2. The highest BCUT2D eigenvalue weighted by molar-refractivity contribution is 5.77. The number of carboxylic acid groups (broad SMARTS) is 1. The molecule has 0 amide bonds. The van der Waals surface area contributed by atoms with Gasteiger partial charge in [-0.05, 0) is 5.41 Å². The second-order valence-corrected chi connectivity index (χ2v) is 3.90. The lowest BCUT2D eigenvalue weighted by Gasteiger charge is -2.28. The van der Waals surface area contributed by atoms with Gasteiger partial charge in [0.05, 0.1) is 12.0 Å². The van der Waals surface area contributed by atoms with Crippen LogP contribution >= 0.6 is 0 Å². The SMILES string of the molecule is CC(C)(C)C(C(=O)O)[C@H](N)C=O. The summed E-state index contributed by atoms with van der Waals surface area (Å²) in [4.78, 5) is 21.0. The maximum absolute atomic E-state index is 10.7. The van der Waals surface area contributed by atoms with E-state index in [1.807, 2.05) is 0 Å². The van der Waals surface area contributed by atoms with Crippen molar-refractivity contribution >= 4 is 12.3 Å². The zero-order valence-electron chi connectivity index (χ0n) is 7.57. The molecular weight excluding hydrogens is 158 g/mol. The molecule has 0 fully saturated rings. The highest BCUT2D eigenvalue weighted by atomic mass is 16.4. The lowest BCUT2D eigenvalue weighted by atomic mass is 9.77. The van der Waals surface area contributed by atoms with Crippen LogP contribution < -0.4 is 5.73 Å². The average molecular weight is 173 g/mol. The number of hydrogen-bond donors (Lipinski definition) is 2. The molecule has 4 heteroatoms. The summed E-state index contributed by atoms with van der Waals surface area (Å²) in [6, 6.07) is -0.928. The summed E-state index contributed by atoms with van der Waals surface area (Å²) < 4.78 is 0. The number of nitrogens with two attached hydrogens (primary N) is 1. The van der Waals surface area contributed by atoms with Gasteiger partial charge >= 0.3 is 5.97 Å². The minimum absolute atomic E-state index is 0.476. The van der Waals surface area contributed by atoms with Crippen molar-refractivity contribution in [2.24, 2.45) is 17.1 Å². The predicted octanol–water partition coefficient (Wildman–Crippen LogP) is 0.259. The lowest BCUT2D eigenvalue weighted by Crippen LogP contribution is -2.44. The molecule has 0 aromatic heterocycles. The van der Waals surface area contributed by atoms with Gasteiger partial charge in [-0.15, -0.1) is 0 Å². The molecule has 12 heavy (non-hydrogen) atoms. The molecule has 0 saturated carbocycles.